The van der Waals surface area contributed by atoms with Gasteiger partial charge in [-0.25, -0.2) is 8.42 Å². The number of anilines is 1. The van der Waals surface area contributed by atoms with E-state index in [2.05, 4.69) is 4.72 Å². The lowest BCUT2D eigenvalue weighted by Crippen LogP contribution is -2.46. The Labute approximate surface area is 183 Å². The maximum Gasteiger partial charge on any atom is 0.471 e. The summed E-state index contributed by atoms with van der Waals surface area (Å²) in [6, 6.07) is 9.88. The number of amides is 1. The second-order valence-electron chi connectivity index (χ2n) is 7.33. The zero-order chi connectivity index (χ0) is 23.7. The van der Waals surface area contributed by atoms with Gasteiger partial charge in [0.1, 0.15) is 5.75 Å². The number of carbonyl (C=O) groups is 1. The van der Waals surface area contributed by atoms with Gasteiger partial charge in [0.2, 0.25) is 0 Å². The standard InChI is InChI=1S/C21H20F3N3O4S/c1-27(20(28)21(22,23)24)15-7-8-16-17(11-15)18(31-2)9-10-19(16)32(29,30)26-14-5-3-13(12-25)4-6-14/h3-6,9-10,15,26H,7-8,11H2,1-2H3/t15-/m0/s1. The van der Waals surface area contributed by atoms with Gasteiger partial charge in [0.25, 0.3) is 10.0 Å². The molecule has 32 heavy (non-hydrogen) atoms. The fraction of sp³-hybridized carbons (Fsp3) is 0.333. The van der Waals surface area contributed by atoms with E-state index in [0.717, 1.165) is 7.05 Å². The minimum atomic E-state index is -4.99. The number of likely N-dealkylation sites (N-methyl/N-ethyl adjacent to an activating group) is 1. The lowest BCUT2D eigenvalue weighted by Gasteiger charge is -2.34. The molecule has 1 N–H and O–H groups in total. The third-order valence-corrected chi connectivity index (χ3v) is 6.86. The van der Waals surface area contributed by atoms with Crippen LogP contribution in [-0.4, -0.2) is 45.6 Å². The van der Waals surface area contributed by atoms with E-state index < -0.39 is 28.1 Å². The van der Waals surface area contributed by atoms with Gasteiger partial charge < -0.3 is 9.64 Å². The molecular weight excluding hydrogens is 447 g/mol. The minimum Gasteiger partial charge on any atom is -0.496 e. The van der Waals surface area contributed by atoms with Crippen molar-refractivity contribution >= 4 is 21.6 Å². The van der Waals surface area contributed by atoms with Crippen molar-refractivity contribution in [3.8, 4) is 11.8 Å². The summed E-state index contributed by atoms with van der Waals surface area (Å²) in [5, 5.41) is 8.87. The monoisotopic (exact) mass is 467 g/mol. The summed E-state index contributed by atoms with van der Waals surface area (Å²) in [5.74, 6) is -1.61. The highest BCUT2D eigenvalue weighted by Crippen LogP contribution is 2.36. The van der Waals surface area contributed by atoms with Crippen molar-refractivity contribution in [1.82, 2.24) is 4.90 Å². The fourth-order valence-corrected chi connectivity index (χ4v) is 5.11. The molecule has 0 spiro atoms. The maximum atomic E-state index is 13.1. The third kappa shape index (κ3) is 4.65. The number of fused-ring (bicyclic) bond motifs is 1. The van der Waals surface area contributed by atoms with Crippen molar-refractivity contribution in [2.75, 3.05) is 18.9 Å². The number of alkyl halides is 3. The Morgan fingerprint density at radius 2 is 1.84 bits per heavy atom. The van der Waals surface area contributed by atoms with Gasteiger partial charge in [0, 0.05) is 24.3 Å². The zero-order valence-corrected chi connectivity index (χ0v) is 18.0. The minimum absolute atomic E-state index is 0.0130. The van der Waals surface area contributed by atoms with E-state index in [1.54, 1.807) is 0 Å². The Bertz CT molecular complexity index is 1170. The van der Waals surface area contributed by atoms with E-state index in [1.807, 2.05) is 6.07 Å². The predicted octanol–water partition coefficient (Wildman–Crippen LogP) is 3.25. The van der Waals surface area contributed by atoms with Gasteiger partial charge in [-0.2, -0.15) is 18.4 Å². The van der Waals surface area contributed by atoms with Crippen LogP contribution in [0, 0.1) is 11.3 Å². The van der Waals surface area contributed by atoms with E-state index in [-0.39, 0.29) is 29.8 Å². The Hall–Kier alpha value is -3.26. The SMILES string of the molecule is COc1ccc(S(=O)(=O)Nc2ccc(C#N)cc2)c2c1C[C@@H](N(C)C(=O)C(F)(F)F)CC2. The highest BCUT2D eigenvalue weighted by molar-refractivity contribution is 7.92. The number of methoxy groups -OCH3 is 1. The first-order chi connectivity index (χ1) is 15.0. The molecule has 3 rings (SSSR count). The molecule has 2 aromatic rings. The fourth-order valence-electron chi connectivity index (χ4n) is 3.76. The number of nitrogens with zero attached hydrogens (tertiary/aromatic N) is 2. The van der Waals surface area contributed by atoms with E-state index in [0.29, 0.717) is 27.3 Å². The van der Waals surface area contributed by atoms with Gasteiger partial charge >= 0.3 is 12.1 Å². The Morgan fingerprint density at radius 1 is 1.19 bits per heavy atom. The molecule has 11 heteroatoms. The smallest absolute Gasteiger partial charge is 0.471 e. The van der Waals surface area contributed by atoms with Crippen LogP contribution in [0.15, 0.2) is 41.3 Å². The molecule has 1 aliphatic rings. The number of rotatable bonds is 5. The van der Waals surface area contributed by atoms with Crippen LogP contribution in [0.5, 0.6) is 5.75 Å². The molecule has 1 aliphatic carbocycles. The predicted molar refractivity (Wildman–Crippen MR) is 110 cm³/mol. The average molecular weight is 467 g/mol. The van der Waals surface area contributed by atoms with Crippen molar-refractivity contribution < 1.29 is 31.1 Å². The van der Waals surface area contributed by atoms with Crippen molar-refractivity contribution in [3.05, 3.63) is 53.1 Å². The molecule has 0 aliphatic heterocycles. The second kappa shape index (κ2) is 8.70. The highest BCUT2D eigenvalue weighted by atomic mass is 32.2. The molecule has 0 radical (unpaired) electrons. The lowest BCUT2D eigenvalue weighted by molar-refractivity contribution is -0.186. The number of benzene rings is 2. The summed E-state index contributed by atoms with van der Waals surface area (Å²) in [4.78, 5) is 12.3. The molecule has 170 valence electrons. The number of halogens is 3. The molecule has 7 nitrogen and oxygen atoms in total. The van der Waals surface area contributed by atoms with E-state index in [4.69, 9.17) is 10.00 Å². The van der Waals surface area contributed by atoms with E-state index >= 15 is 0 Å². The summed E-state index contributed by atoms with van der Waals surface area (Å²) >= 11 is 0. The summed E-state index contributed by atoms with van der Waals surface area (Å²) in [5.41, 5.74) is 1.53. The van der Waals surface area contributed by atoms with Crippen molar-refractivity contribution in [3.63, 3.8) is 0 Å². The quantitative estimate of drug-likeness (QED) is 0.728. The first-order valence-electron chi connectivity index (χ1n) is 9.53. The average Bonchev–Trinajstić information content (AvgIpc) is 2.76. The van der Waals surface area contributed by atoms with Crippen LogP contribution in [0.3, 0.4) is 0 Å². The molecule has 0 saturated carbocycles. The number of hydrogen-bond donors (Lipinski definition) is 1. The molecular formula is C21H20F3N3O4S. The maximum absolute atomic E-state index is 13.1. The molecule has 0 unspecified atom stereocenters. The van der Waals surface area contributed by atoms with Gasteiger partial charge in [-0.15, -0.1) is 0 Å². The normalized spacial score (nSPS) is 15.9. The van der Waals surface area contributed by atoms with Crippen LogP contribution in [0.2, 0.25) is 0 Å². The van der Waals surface area contributed by atoms with E-state index in [1.165, 1.54) is 43.5 Å². The number of carbonyl (C=O) groups excluding carboxylic acids is 1. The Morgan fingerprint density at radius 3 is 2.41 bits per heavy atom. The number of hydrogen-bond acceptors (Lipinski definition) is 5. The molecule has 0 saturated heterocycles. The molecule has 1 atom stereocenters. The van der Waals surface area contributed by atoms with Crippen molar-refractivity contribution in [2.24, 2.45) is 0 Å². The summed E-state index contributed by atoms with van der Waals surface area (Å²) in [6.07, 6.45) is -4.65. The third-order valence-electron chi connectivity index (χ3n) is 5.40. The van der Waals surface area contributed by atoms with Gasteiger partial charge in [-0.1, -0.05) is 0 Å². The number of ether oxygens (including phenoxy) is 1. The number of nitrogens with one attached hydrogen (secondary N) is 1. The molecule has 0 heterocycles. The second-order valence-corrected chi connectivity index (χ2v) is 8.98. The van der Waals surface area contributed by atoms with Crippen molar-refractivity contribution in [2.45, 2.75) is 36.4 Å². The van der Waals surface area contributed by atoms with Crippen LogP contribution in [-0.2, 0) is 27.7 Å². The first kappa shape index (κ1) is 23.4. The van der Waals surface area contributed by atoms with Gasteiger partial charge in [0.15, 0.2) is 0 Å². The van der Waals surface area contributed by atoms with Crippen LogP contribution >= 0.6 is 0 Å². The van der Waals surface area contributed by atoms with Crippen LogP contribution < -0.4 is 9.46 Å². The Balaban J connectivity index is 1.94. The number of sulfonamides is 1. The Kier molecular flexibility index (Phi) is 6.37. The summed E-state index contributed by atoms with van der Waals surface area (Å²) < 4.78 is 72.4. The van der Waals surface area contributed by atoms with Gasteiger partial charge in [-0.05, 0) is 61.2 Å². The zero-order valence-electron chi connectivity index (χ0n) is 17.2. The van der Waals surface area contributed by atoms with Crippen LogP contribution in [0.4, 0.5) is 18.9 Å². The largest absolute Gasteiger partial charge is 0.496 e. The van der Waals surface area contributed by atoms with Crippen LogP contribution in [0.1, 0.15) is 23.1 Å². The molecule has 0 bridgehead atoms. The summed E-state index contributed by atoms with van der Waals surface area (Å²) in [7, 11) is -1.56. The molecule has 2 aromatic carbocycles. The van der Waals surface area contributed by atoms with Crippen molar-refractivity contribution in [1.29, 1.82) is 5.26 Å². The number of nitriles is 1. The van der Waals surface area contributed by atoms with Gasteiger partial charge in [-0.3, -0.25) is 9.52 Å². The molecule has 1 amide bonds. The van der Waals surface area contributed by atoms with Crippen LogP contribution in [0.25, 0.3) is 0 Å². The highest BCUT2D eigenvalue weighted by Gasteiger charge is 2.44. The van der Waals surface area contributed by atoms with E-state index in [9.17, 15) is 26.4 Å². The topological polar surface area (TPSA) is 99.5 Å². The summed E-state index contributed by atoms with van der Waals surface area (Å²) in [6.45, 7) is 0. The lowest BCUT2D eigenvalue weighted by atomic mass is 9.86. The van der Waals surface area contributed by atoms with Gasteiger partial charge in [0.05, 0.1) is 23.6 Å². The molecule has 0 fully saturated rings. The first-order valence-corrected chi connectivity index (χ1v) is 11.0. The molecule has 0 aromatic heterocycles.